The first-order valence-corrected chi connectivity index (χ1v) is 6.32. The van der Waals surface area contributed by atoms with E-state index in [1.54, 1.807) is 6.20 Å². The molecule has 3 rings (SSSR count). The van der Waals surface area contributed by atoms with Crippen LogP contribution in [0.2, 0.25) is 0 Å². The molecule has 1 aromatic heterocycles. The zero-order valence-corrected chi connectivity index (χ0v) is 10.8. The summed E-state index contributed by atoms with van der Waals surface area (Å²) in [6, 6.07) is 24.3. The van der Waals surface area contributed by atoms with E-state index in [9.17, 15) is 0 Å². The summed E-state index contributed by atoms with van der Waals surface area (Å²) in [5.74, 6) is 0. The van der Waals surface area contributed by atoms with Crippen LogP contribution >= 0.6 is 0 Å². The van der Waals surface area contributed by atoms with Crippen LogP contribution in [0.3, 0.4) is 0 Å². The van der Waals surface area contributed by atoms with Crippen LogP contribution in [0.4, 0.5) is 11.4 Å². The largest absolute Gasteiger partial charge is 0.256 e. The molecule has 0 saturated heterocycles. The molecular formula is C17H12N3. The molecule has 2 aromatic carbocycles. The summed E-state index contributed by atoms with van der Waals surface area (Å²) in [6.07, 6.45) is 1.76. The van der Waals surface area contributed by atoms with Crippen molar-refractivity contribution in [3.63, 3.8) is 0 Å². The van der Waals surface area contributed by atoms with Crippen molar-refractivity contribution in [2.75, 3.05) is 0 Å². The summed E-state index contributed by atoms with van der Waals surface area (Å²) < 4.78 is 0. The van der Waals surface area contributed by atoms with Crippen molar-refractivity contribution in [1.82, 2.24) is 4.98 Å². The van der Waals surface area contributed by atoms with Crippen molar-refractivity contribution >= 4 is 11.4 Å². The summed E-state index contributed by atoms with van der Waals surface area (Å²) in [7, 11) is 0. The van der Waals surface area contributed by atoms with Gasteiger partial charge in [0.15, 0.2) is 0 Å². The quantitative estimate of drug-likeness (QED) is 0.611. The lowest BCUT2D eigenvalue weighted by Gasteiger charge is -1.99. The van der Waals surface area contributed by atoms with Gasteiger partial charge in [-0.2, -0.15) is 10.2 Å². The number of pyridine rings is 1. The van der Waals surface area contributed by atoms with Crippen molar-refractivity contribution in [2.45, 2.75) is 0 Å². The highest BCUT2D eigenvalue weighted by Crippen LogP contribution is 2.22. The molecule has 0 spiro atoms. The highest BCUT2D eigenvalue weighted by Gasteiger charge is 1.98. The number of hydrogen-bond acceptors (Lipinski definition) is 3. The van der Waals surface area contributed by atoms with E-state index in [0.29, 0.717) is 0 Å². The molecule has 0 aliphatic heterocycles. The Bertz CT molecular complexity index is 689. The van der Waals surface area contributed by atoms with Gasteiger partial charge in [-0.1, -0.05) is 36.4 Å². The van der Waals surface area contributed by atoms with Crippen LogP contribution in [0, 0.1) is 6.07 Å². The zero-order valence-electron chi connectivity index (χ0n) is 10.8. The van der Waals surface area contributed by atoms with Crippen LogP contribution in [0.5, 0.6) is 0 Å². The average molecular weight is 258 g/mol. The van der Waals surface area contributed by atoms with Gasteiger partial charge in [0, 0.05) is 17.8 Å². The molecule has 20 heavy (non-hydrogen) atoms. The molecule has 3 aromatic rings. The van der Waals surface area contributed by atoms with Crippen LogP contribution in [-0.2, 0) is 0 Å². The molecule has 0 bridgehead atoms. The summed E-state index contributed by atoms with van der Waals surface area (Å²) >= 11 is 0. The smallest absolute Gasteiger partial charge is 0.0857 e. The summed E-state index contributed by atoms with van der Waals surface area (Å²) in [5.41, 5.74) is 3.51. The Morgan fingerprint density at radius 2 is 1.45 bits per heavy atom. The van der Waals surface area contributed by atoms with Crippen LogP contribution < -0.4 is 0 Å². The third kappa shape index (κ3) is 2.95. The predicted molar refractivity (Wildman–Crippen MR) is 79.1 cm³/mol. The van der Waals surface area contributed by atoms with E-state index >= 15 is 0 Å². The van der Waals surface area contributed by atoms with E-state index < -0.39 is 0 Å². The maximum Gasteiger partial charge on any atom is 0.0857 e. The molecule has 0 atom stereocenters. The van der Waals surface area contributed by atoms with E-state index in [2.05, 4.69) is 21.3 Å². The topological polar surface area (TPSA) is 37.6 Å². The second-order valence-corrected chi connectivity index (χ2v) is 4.21. The maximum absolute atomic E-state index is 4.26. The van der Waals surface area contributed by atoms with Gasteiger partial charge in [0.25, 0.3) is 0 Å². The number of rotatable bonds is 3. The zero-order chi connectivity index (χ0) is 13.6. The van der Waals surface area contributed by atoms with E-state index in [4.69, 9.17) is 0 Å². The Hall–Kier alpha value is -2.81. The number of nitrogens with zero attached hydrogens (tertiary/aromatic N) is 3. The van der Waals surface area contributed by atoms with Gasteiger partial charge >= 0.3 is 0 Å². The third-order valence-electron chi connectivity index (χ3n) is 2.78. The molecule has 0 amide bonds. The molecule has 3 heteroatoms. The standard InChI is InChI=1S/C17H12N3/c1-2-6-15(7-3-1)19-20-16-11-9-14(10-12-16)17-8-4-5-13-18-17/h1-7,9-13H. The fraction of sp³-hybridized carbons (Fsp3) is 0. The fourth-order valence-corrected chi connectivity index (χ4v) is 1.78. The minimum absolute atomic E-state index is 0.813. The van der Waals surface area contributed by atoms with Gasteiger partial charge < -0.3 is 0 Å². The van der Waals surface area contributed by atoms with Crippen molar-refractivity contribution in [2.24, 2.45) is 10.2 Å². The minimum Gasteiger partial charge on any atom is -0.256 e. The monoisotopic (exact) mass is 258 g/mol. The fourth-order valence-electron chi connectivity index (χ4n) is 1.78. The Morgan fingerprint density at radius 1 is 0.750 bits per heavy atom. The Morgan fingerprint density at radius 3 is 2.10 bits per heavy atom. The average Bonchev–Trinajstić information content (AvgIpc) is 2.55. The third-order valence-corrected chi connectivity index (χ3v) is 2.78. The van der Waals surface area contributed by atoms with Crippen LogP contribution in [-0.4, -0.2) is 4.98 Å². The van der Waals surface area contributed by atoms with Crippen LogP contribution in [0.15, 0.2) is 83.2 Å². The molecule has 0 fully saturated rings. The summed E-state index contributed by atoms with van der Waals surface area (Å²) in [4.78, 5) is 4.26. The van der Waals surface area contributed by atoms with E-state index in [0.717, 1.165) is 22.6 Å². The molecule has 95 valence electrons. The molecular weight excluding hydrogens is 246 g/mol. The minimum atomic E-state index is 0.813. The lowest BCUT2D eigenvalue weighted by molar-refractivity contribution is 1.23. The second-order valence-electron chi connectivity index (χ2n) is 4.21. The van der Waals surface area contributed by atoms with E-state index in [1.807, 2.05) is 66.7 Å². The number of azo groups is 1. The molecule has 0 saturated carbocycles. The van der Waals surface area contributed by atoms with Crippen molar-refractivity contribution in [3.05, 3.63) is 79.0 Å². The van der Waals surface area contributed by atoms with Gasteiger partial charge in [0.2, 0.25) is 0 Å². The predicted octanol–water partition coefficient (Wildman–Crippen LogP) is 4.96. The van der Waals surface area contributed by atoms with E-state index in [1.165, 1.54) is 0 Å². The first-order chi connectivity index (χ1) is 9.92. The van der Waals surface area contributed by atoms with Gasteiger partial charge in [-0.15, -0.1) is 0 Å². The van der Waals surface area contributed by atoms with Gasteiger partial charge in [0.05, 0.1) is 17.1 Å². The number of aromatic nitrogens is 1. The van der Waals surface area contributed by atoms with Crippen LogP contribution in [0.25, 0.3) is 11.3 Å². The molecule has 0 aliphatic rings. The molecule has 0 N–H and O–H groups in total. The SMILES string of the molecule is [c]1cccnc1-c1ccc(N=Nc2ccccc2)cc1. The highest BCUT2D eigenvalue weighted by molar-refractivity contribution is 5.60. The highest BCUT2D eigenvalue weighted by atomic mass is 15.1. The normalized spacial score (nSPS) is 10.8. The van der Waals surface area contributed by atoms with Gasteiger partial charge in [-0.3, -0.25) is 4.98 Å². The Kier molecular flexibility index (Phi) is 3.60. The first kappa shape index (κ1) is 12.2. The maximum atomic E-state index is 4.26. The lowest BCUT2D eigenvalue weighted by Crippen LogP contribution is -1.80. The lowest BCUT2D eigenvalue weighted by atomic mass is 10.1. The Balaban J connectivity index is 1.79. The van der Waals surface area contributed by atoms with E-state index in [-0.39, 0.29) is 0 Å². The molecule has 1 heterocycles. The van der Waals surface area contributed by atoms with Crippen molar-refractivity contribution < 1.29 is 0 Å². The van der Waals surface area contributed by atoms with Gasteiger partial charge in [-0.25, -0.2) is 0 Å². The van der Waals surface area contributed by atoms with Crippen molar-refractivity contribution in [3.8, 4) is 11.3 Å². The first-order valence-electron chi connectivity index (χ1n) is 6.32. The van der Waals surface area contributed by atoms with Gasteiger partial charge in [-0.05, 0) is 30.3 Å². The molecule has 1 radical (unpaired) electrons. The van der Waals surface area contributed by atoms with Crippen molar-refractivity contribution in [1.29, 1.82) is 0 Å². The number of benzene rings is 2. The Labute approximate surface area is 117 Å². The molecule has 0 aliphatic carbocycles. The summed E-state index contributed by atoms with van der Waals surface area (Å²) in [6.45, 7) is 0. The van der Waals surface area contributed by atoms with Gasteiger partial charge in [0.1, 0.15) is 0 Å². The number of hydrogen-bond donors (Lipinski definition) is 0. The van der Waals surface area contributed by atoms with Crippen LogP contribution in [0.1, 0.15) is 0 Å². The second kappa shape index (κ2) is 5.89. The molecule has 3 nitrogen and oxygen atoms in total. The summed E-state index contributed by atoms with van der Waals surface area (Å²) in [5, 5.41) is 8.39. The molecule has 0 unspecified atom stereocenters.